The van der Waals surface area contributed by atoms with Gasteiger partial charge >= 0.3 is 0 Å². The molecule has 1 saturated heterocycles. The van der Waals surface area contributed by atoms with Crippen molar-refractivity contribution in [3.63, 3.8) is 0 Å². The Morgan fingerprint density at radius 1 is 0.938 bits per heavy atom. The maximum absolute atomic E-state index is 9.21. The van der Waals surface area contributed by atoms with E-state index in [1.807, 2.05) is 0 Å². The van der Waals surface area contributed by atoms with E-state index in [1.54, 1.807) is 0 Å². The van der Waals surface area contributed by atoms with Gasteiger partial charge in [-0.25, -0.2) is 0 Å². The summed E-state index contributed by atoms with van der Waals surface area (Å²) in [7, 11) is 0. The van der Waals surface area contributed by atoms with E-state index in [1.165, 1.54) is 0 Å². The summed E-state index contributed by atoms with van der Waals surface area (Å²) >= 11 is 0. The molecule has 0 atom stereocenters. The van der Waals surface area contributed by atoms with E-state index in [2.05, 4.69) is 27.4 Å². The molecule has 0 spiro atoms. The molecule has 0 aromatic carbocycles. The standard InChI is InChI=1S/C11H24N4O/c1-11(16)10-15-8-6-13-4-2-12-3-5-14-7-9-15/h12-14,16H,1-10H2. The van der Waals surface area contributed by atoms with Crippen molar-refractivity contribution in [1.82, 2.24) is 20.9 Å². The summed E-state index contributed by atoms with van der Waals surface area (Å²) in [5.41, 5.74) is 0. The molecule has 5 nitrogen and oxygen atoms in total. The first-order chi connectivity index (χ1) is 7.79. The summed E-state index contributed by atoms with van der Waals surface area (Å²) in [6.07, 6.45) is 0. The van der Waals surface area contributed by atoms with Crippen molar-refractivity contribution in [2.75, 3.05) is 58.9 Å². The van der Waals surface area contributed by atoms with Crippen LogP contribution in [0.3, 0.4) is 0 Å². The monoisotopic (exact) mass is 228 g/mol. The highest BCUT2D eigenvalue weighted by molar-refractivity contribution is 4.84. The molecule has 1 aliphatic rings. The first-order valence-electron chi connectivity index (χ1n) is 6.00. The van der Waals surface area contributed by atoms with Gasteiger partial charge in [0.1, 0.15) is 0 Å². The lowest BCUT2D eigenvalue weighted by atomic mass is 10.4. The fourth-order valence-electron chi connectivity index (χ4n) is 1.73. The highest BCUT2D eigenvalue weighted by atomic mass is 16.3. The van der Waals surface area contributed by atoms with Crippen molar-refractivity contribution in [1.29, 1.82) is 0 Å². The second kappa shape index (κ2) is 8.52. The summed E-state index contributed by atoms with van der Waals surface area (Å²) in [5.74, 6) is 0.244. The SMILES string of the molecule is C=C(O)CN1CCNCCNCCNCC1. The van der Waals surface area contributed by atoms with Gasteiger partial charge in [0.15, 0.2) is 0 Å². The number of hydrogen-bond acceptors (Lipinski definition) is 5. The molecule has 1 aliphatic heterocycles. The number of hydrogen-bond donors (Lipinski definition) is 4. The van der Waals surface area contributed by atoms with Crippen LogP contribution in [0.1, 0.15) is 0 Å². The Kier molecular flexibility index (Phi) is 7.16. The van der Waals surface area contributed by atoms with Gasteiger partial charge in [-0.3, -0.25) is 4.90 Å². The van der Waals surface area contributed by atoms with Crippen molar-refractivity contribution in [2.24, 2.45) is 0 Å². The normalized spacial score (nSPS) is 22.0. The van der Waals surface area contributed by atoms with Crippen LogP contribution in [0.2, 0.25) is 0 Å². The van der Waals surface area contributed by atoms with E-state index in [0.29, 0.717) is 6.54 Å². The summed E-state index contributed by atoms with van der Waals surface area (Å²) in [4.78, 5) is 2.21. The van der Waals surface area contributed by atoms with Crippen molar-refractivity contribution in [3.8, 4) is 0 Å². The average Bonchev–Trinajstić information content (AvgIpc) is 2.21. The average molecular weight is 228 g/mol. The third kappa shape index (κ3) is 6.79. The molecule has 5 heteroatoms. The molecule has 0 amide bonds. The molecule has 1 rings (SSSR count). The minimum atomic E-state index is 0.244. The van der Waals surface area contributed by atoms with Gasteiger partial charge in [0.25, 0.3) is 0 Å². The largest absolute Gasteiger partial charge is 0.512 e. The second-order valence-corrected chi connectivity index (χ2v) is 4.09. The van der Waals surface area contributed by atoms with Crippen LogP contribution in [-0.4, -0.2) is 68.9 Å². The van der Waals surface area contributed by atoms with Crippen molar-refractivity contribution >= 4 is 0 Å². The number of nitrogens with one attached hydrogen (secondary N) is 3. The van der Waals surface area contributed by atoms with Gasteiger partial charge < -0.3 is 21.1 Å². The topological polar surface area (TPSA) is 59.6 Å². The lowest BCUT2D eigenvalue weighted by molar-refractivity contribution is 0.249. The Hall–Kier alpha value is -0.620. The second-order valence-electron chi connectivity index (χ2n) is 4.09. The lowest BCUT2D eigenvalue weighted by Crippen LogP contribution is -2.42. The maximum atomic E-state index is 9.21. The van der Waals surface area contributed by atoms with Gasteiger partial charge in [0.05, 0.1) is 12.3 Å². The summed E-state index contributed by atoms with van der Waals surface area (Å²) < 4.78 is 0. The molecule has 16 heavy (non-hydrogen) atoms. The molecule has 1 heterocycles. The predicted molar refractivity (Wildman–Crippen MR) is 66.8 cm³/mol. The minimum absolute atomic E-state index is 0.244. The van der Waals surface area contributed by atoms with Gasteiger partial charge in [-0.1, -0.05) is 6.58 Å². The van der Waals surface area contributed by atoms with Gasteiger partial charge in [-0.2, -0.15) is 0 Å². The van der Waals surface area contributed by atoms with E-state index in [0.717, 1.165) is 52.4 Å². The third-order valence-corrected chi connectivity index (χ3v) is 2.57. The summed E-state index contributed by atoms with van der Waals surface area (Å²) in [6, 6.07) is 0. The molecule has 1 fully saturated rings. The fourth-order valence-corrected chi connectivity index (χ4v) is 1.73. The lowest BCUT2D eigenvalue weighted by Gasteiger charge is -2.22. The Labute approximate surface area is 97.9 Å². The fraction of sp³-hybridized carbons (Fsp3) is 0.818. The van der Waals surface area contributed by atoms with Crippen LogP contribution >= 0.6 is 0 Å². The van der Waals surface area contributed by atoms with Crippen LogP contribution in [0.4, 0.5) is 0 Å². The quantitative estimate of drug-likeness (QED) is 0.464. The molecule has 0 saturated carbocycles. The van der Waals surface area contributed by atoms with Crippen LogP contribution < -0.4 is 16.0 Å². The Bertz CT molecular complexity index is 186. The van der Waals surface area contributed by atoms with Gasteiger partial charge in [0.2, 0.25) is 0 Å². The highest BCUT2D eigenvalue weighted by Gasteiger charge is 2.05. The maximum Gasteiger partial charge on any atom is 0.0991 e. The first-order valence-corrected chi connectivity index (χ1v) is 6.00. The Morgan fingerprint density at radius 3 is 1.81 bits per heavy atom. The smallest absolute Gasteiger partial charge is 0.0991 e. The molecule has 0 unspecified atom stereocenters. The number of rotatable bonds is 2. The van der Waals surface area contributed by atoms with E-state index >= 15 is 0 Å². The third-order valence-electron chi connectivity index (χ3n) is 2.57. The van der Waals surface area contributed by atoms with Crippen LogP contribution in [0.25, 0.3) is 0 Å². The van der Waals surface area contributed by atoms with Crippen molar-refractivity contribution in [3.05, 3.63) is 12.3 Å². The number of nitrogens with zero attached hydrogens (tertiary/aromatic N) is 1. The number of aliphatic hydroxyl groups excluding tert-OH is 1. The molecule has 4 N–H and O–H groups in total. The van der Waals surface area contributed by atoms with Crippen LogP contribution in [-0.2, 0) is 0 Å². The molecular weight excluding hydrogens is 204 g/mol. The zero-order valence-electron chi connectivity index (χ0n) is 9.97. The highest BCUT2D eigenvalue weighted by Crippen LogP contribution is 1.92. The Morgan fingerprint density at radius 2 is 1.38 bits per heavy atom. The van der Waals surface area contributed by atoms with Crippen molar-refractivity contribution < 1.29 is 5.11 Å². The van der Waals surface area contributed by atoms with E-state index in [9.17, 15) is 5.11 Å². The van der Waals surface area contributed by atoms with Gasteiger partial charge in [-0.15, -0.1) is 0 Å². The number of aliphatic hydroxyl groups is 1. The van der Waals surface area contributed by atoms with E-state index < -0.39 is 0 Å². The molecular formula is C11H24N4O. The zero-order valence-corrected chi connectivity index (χ0v) is 9.97. The minimum Gasteiger partial charge on any atom is -0.512 e. The van der Waals surface area contributed by atoms with E-state index in [4.69, 9.17) is 0 Å². The predicted octanol–water partition coefficient (Wildman–Crippen LogP) is -0.857. The first kappa shape index (κ1) is 13.4. The Balaban J connectivity index is 2.27. The summed E-state index contributed by atoms with van der Waals surface area (Å²) in [6.45, 7) is 11.9. The molecule has 0 aromatic heterocycles. The van der Waals surface area contributed by atoms with Crippen LogP contribution in [0.15, 0.2) is 12.3 Å². The van der Waals surface area contributed by atoms with Gasteiger partial charge in [0, 0.05) is 52.4 Å². The molecule has 0 radical (unpaired) electrons. The molecule has 0 bridgehead atoms. The summed E-state index contributed by atoms with van der Waals surface area (Å²) in [5, 5.41) is 19.3. The van der Waals surface area contributed by atoms with Gasteiger partial charge in [-0.05, 0) is 0 Å². The molecule has 0 aliphatic carbocycles. The van der Waals surface area contributed by atoms with Crippen molar-refractivity contribution in [2.45, 2.75) is 0 Å². The zero-order chi connectivity index (χ0) is 11.6. The molecule has 0 aromatic rings. The molecule has 94 valence electrons. The van der Waals surface area contributed by atoms with Crippen LogP contribution in [0.5, 0.6) is 0 Å². The van der Waals surface area contributed by atoms with Crippen LogP contribution in [0, 0.1) is 0 Å². The van der Waals surface area contributed by atoms with E-state index in [-0.39, 0.29) is 5.76 Å².